The summed E-state index contributed by atoms with van der Waals surface area (Å²) in [6.45, 7) is 1.45. The Morgan fingerprint density at radius 1 is 1.50 bits per heavy atom. The first-order chi connectivity index (χ1) is 4.75. The second-order valence-electron chi connectivity index (χ2n) is 2.21. The Hall–Kier alpha value is -0.890. The standard InChI is InChI=1S/C8H9FO/c1-6-3-2-4-7(5-10)8(6)9/h2-4,10H,5H2,1H3. The monoisotopic (exact) mass is 140 g/mol. The molecule has 0 atom stereocenters. The van der Waals surface area contributed by atoms with Crippen molar-refractivity contribution in [3.05, 3.63) is 35.1 Å². The molecule has 54 valence electrons. The highest BCUT2D eigenvalue weighted by Crippen LogP contribution is 2.10. The molecule has 0 saturated heterocycles. The lowest BCUT2D eigenvalue weighted by Crippen LogP contribution is -1.91. The molecule has 0 amide bonds. The fraction of sp³-hybridized carbons (Fsp3) is 0.250. The summed E-state index contributed by atoms with van der Waals surface area (Å²) in [6.07, 6.45) is 0. The Morgan fingerprint density at radius 2 is 2.20 bits per heavy atom. The molecule has 0 radical (unpaired) electrons. The molecule has 0 heterocycles. The van der Waals surface area contributed by atoms with Crippen LogP contribution in [0.4, 0.5) is 4.39 Å². The molecule has 0 saturated carbocycles. The van der Waals surface area contributed by atoms with Crippen LogP contribution in [0.5, 0.6) is 0 Å². The molecule has 0 aliphatic carbocycles. The van der Waals surface area contributed by atoms with E-state index in [1.165, 1.54) is 0 Å². The minimum absolute atomic E-state index is 0.229. The molecule has 1 aromatic carbocycles. The van der Waals surface area contributed by atoms with Crippen LogP contribution in [0.25, 0.3) is 0 Å². The van der Waals surface area contributed by atoms with E-state index < -0.39 is 0 Å². The van der Waals surface area contributed by atoms with Gasteiger partial charge >= 0.3 is 0 Å². The Bertz CT molecular complexity index is 233. The fourth-order valence-corrected chi connectivity index (χ4v) is 0.830. The minimum atomic E-state index is -0.301. The van der Waals surface area contributed by atoms with Gasteiger partial charge in [0.15, 0.2) is 0 Å². The molecule has 1 nitrogen and oxygen atoms in total. The van der Waals surface area contributed by atoms with Gasteiger partial charge in [-0.2, -0.15) is 0 Å². The third-order valence-corrected chi connectivity index (χ3v) is 1.44. The number of aliphatic hydroxyl groups is 1. The summed E-state index contributed by atoms with van der Waals surface area (Å²) in [6, 6.07) is 4.97. The van der Waals surface area contributed by atoms with Crippen molar-refractivity contribution in [1.29, 1.82) is 0 Å². The van der Waals surface area contributed by atoms with E-state index in [0.29, 0.717) is 11.1 Å². The summed E-state index contributed by atoms with van der Waals surface area (Å²) in [5.74, 6) is -0.301. The number of halogens is 1. The van der Waals surface area contributed by atoms with Gasteiger partial charge in [-0.15, -0.1) is 0 Å². The molecule has 0 unspecified atom stereocenters. The van der Waals surface area contributed by atoms with Gasteiger partial charge in [0.05, 0.1) is 6.61 Å². The SMILES string of the molecule is Cc1cccc(CO)c1F. The first-order valence-corrected chi connectivity index (χ1v) is 3.10. The molecule has 1 N–H and O–H groups in total. The fourth-order valence-electron chi connectivity index (χ4n) is 0.830. The van der Waals surface area contributed by atoms with Crippen LogP contribution in [0.2, 0.25) is 0 Å². The molecule has 10 heavy (non-hydrogen) atoms. The lowest BCUT2D eigenvalue weighted by atomic mass is 10.1. The van der Waals surface area contributed by atoms with Crippen molar-refractivity contribution in [3.8, 4) is 0 Å². The minimum Gasteiger partial charge on any atom is -0.392 e. The van der Waals surface area contributed by atoms with Crippen LogP contribution < -0.4 is 0 Å². The first-order valence-electron chi connectivity index (χ1n) is 3.10. The highest BCUT2D eigenvalue weighted by atomic mass is 19.1. The van der Waals surface area contributed by atoms with Gasteiger partial charge in [-0.05, 0) is 12.5 Å². The van der Waals surface area contributed by atoms with Crippen LogP contribution in [0, 0.1) is 12.7 Å². The first kappa shape index (κ1) is 7.22. The van der Waals surface area contributed by atoms with E-state index in [2.05, 4.69) is 0 Å². The van der Waals surface area contributed by atoms with E-state index in [0.717, 1.165) is 0 Å². The van der Waals surface area contributed by atoms with Crippen LogP contribution in [0.3, 0.4) is 0 Å². The second-order valence-corrected chi connectivity index (χ2v) is 2.21. The normalized spacial score (nSPS) is 9.90. The number of rotatable bonds is 1. The average molecular weight is 140 g/mol. The number of aryl methyl sites for hydroxylation is 1. The number of hydrogen-bond donors (Lipinski definition) is 1. The Balaban J connectivity index is 3.14. The maximum absolute atomic E-state index is 12.8. The summed E-state index contributed by atoms with van der Waals surface area (Å²) >= 11 is 0. The van der Waals surface area contributed by atoms with Crippen LogP contribution in [0.15, 0.2) is 18.2 Å². The zero-order chi connectivity index (χ0) is 7.56. The van der Waals surface area contributed by atoms with Crippen molar-refractivity contribution in [2.24, 2.45) is 0 Å². The van der Waals surface area contributed by atoms with Gasteiger partial charge in [0.2, 0.25) is 0 Å². The predicted octanol–water partition coefficient (Wildman–Crippen LogP) is 1.63. The number of benzene rings is 1. The zero-order valence-electron chi connectivity index (χ0n) is 5.76. The molecule has 0 aliphatic rings. The Kier molecular flexibility index (Phi) is 2.02. The molecule has 2 heteroatoms. The lowest BCUT2D eigenvalue weighted by molar-refractivity contribution is 0.275. The molecule has 0 aromatic heterocycles. The summed E-state index contributed by atoms with van der Waals surface area (Å²) < 4.78 is 12.8. The van der Waals surface area contributed by atoms with E-state index in [1.807, 2.05) is 0 Å². The highest BCUT2D eigenvalue weighted by Gasteiger charge is 2.01. The van der Waals surface area contributed by atoms with Crippen molar-refractivity contribution in [3.63, 3.8) is 0 Å². The van der Waals surface area contributed by atoms with E-state index in [1.54, 1.807) is 25.1 Å². The molecule has 1 aromatic rings. The molecule has 1 rings (SSSR count). The van der Waals surface area contributed by atoms with E-state index in [-0.39, 0.29) is 12.4 Å². The lowest BCUT2D eigenvalue weighted by Gasteiger charge is -1.99. The molecule has 0 aliphatic heterocycles. The van der Waals surface area contributed by atoms with Crippen molar-refractivity contribution < 1.29 is 9.50 Å². The van der Waals surface area contributed by atoms with Crippen LogP contribution in [-0.4, -0.2) is 5.11 Å². The third kappa shape index (κ3) is 1.16. The van der Waals surface area contributed by atoms with E-state index in [4.69, 9.17) is 5.11 Å². The van der Waals surface area contributed by atoms with Gasteiger partial charge in [-0.3, -0.25) is 0 Å². The number of aliphatic hydroxyl groups excluding tert-OH is 1. The van der Waals surface area contributed by atoms with Gasteiger partial charge in [0, 0.05) is 5.56 Å². The molecule has 0 bridgehead atoms. The Morgan fingerprint density at radius 3 is 2.70 bits per heavy atom. The summed E-state index contributed by atoms with van der Waals surface area (Å²) in [4.78, 5) is 0. The Labute approximate surface area is 59.1 Å². The molecule has 0 fully saturated rings. The highest BCUT2D eigenvalue weighted by molar-refractivity contribution is 5.23. The van der Waals surface area contributed by atoms with Gasteiger partial charge in [-0.25, -0.2) is 4.39 Å². The van der Waals surface area contributed by atoms with Crippen molar-refractivity contribution in [1.82, 2.24) is 0 Å². The second kappa shape index (κ2) is 2.80. The summed E-state index contributed by atoms with van der Waals surface area (Å²) in [7, 11) is 0. The topological polar surface area (TPSA) is 20.2 Å². The van der Waals surface area contributed by atoms with Gasteiger partial charge in [0.1, 0.15) is 5.82 Å². The quantitative estimate of drug-likeness (QED) is 0.628. The van der Waals surface area contributed by atoms with Gasteiger partial charge < -0.3 is 5.11 Å². The van der Waals surface area contributed by atoms with E-state index in [9.17, 15) is 4.39 Å². The maximum atomic E-state index is 12.8. The average Bonchev–Trinajstić information content (AvgIpc) is 1.95. The smallest absolute Gasteiger partial charge is 0.131 e. The van der Waals surface area contributed by atoms with Crippen molar-refractivity contribution in [2.75, 3.05) is 0 Å². The third-order valence-electron chi connectivity index (χ3n) is 1.44. The molecule has 0 spiro atoms. The van der Waals surface area contributed by atoms with E-state index >= 15 is 0 Å². The number of hydrogen-bond acceptors (Lipinski definition) is 1. The predicted molar refractivity (Wildman–Crippen MR) is 37.1 cm³/mol. The summed E-state index contributed by atoms with van der Waals surface area (Å²) in [5.41, 5.74) is 0.937. The summed E-state index contributed by atoms with van der Waals surface area (Å²) in [5, 5.41) is 8.60. The van der Waals surface area contributed by atoms with Crippen LogP contribution in [0.1, 0.15) is 11.1 Å². The van der Waals surface area contributed by atoms with Gasteiger partial charge in [-0.1, -0.05) is 18.2 Å². The maximum Gasteiger partial charge on any atom is 0.131 e. The molecular formula is C8H9FO. The van der Waals surface area contributed by atoms with Crippen LogP contribution in [-0.2, 0) is 6.61 Å². The zero-order valence-corrected chi connectivity index (χ0v) is 5.76. The van der Waals surface area contributed by atoms with Crippen molar-refractivity contribution >= 4 is 0 Å². The van der Waals surface area contributed by atoms with Gasteiger partial charge in [0.25, 0.3) is 0 Å². The van der Waals surface area contributed by atoms with Crippen molar-refractivity contribution in [2.45, 2.75) is 13.5 Å². The largest absolute Gasteiger partial charge is 0.392 e. The molecular weight excluding hydrogens is 131 g/mol. The van der Waals surface area contributed by atoms with Crippen LogP contribution >= 0.6 is 0 Å².